The van der Waals surface area contributed by atoms with Crippen LogP contribution < -0.4 is 9.64 Å². The normalized spacial score (nSPS) is 17.8. The van der Waals surface area contributed by atoms with Gasteiger partial charge in [-0.1, -0.05) is 30.3 Å². The van der Waals surface area contributed by atoms with E-state index in [1.165, 1.54) is 37.4 Å². The molecule has 34 heavy (non-hydrogen) atoms. The van der Waals surface area contributed by atoms with E-state index in [4.69, 9.17) is 4.74 Å². The number of anilines is 1. The van der Waals surface area contributed by atoms with Crippen molar-refractivity contribution in [1.29, 1.82) is 0 Å². The molecule has 1 fully saturated rings. The summed E-state index contributed by atoms with van der Waals surface area (Å²) in [6.07, 6.45) is -4.69. The lowest BCUT2D eigenvalue weighted by Crippen LogP contribution is -2.29. The molecule has 0 saturated carbocycles. The van der Waals surface area contributed by atoms with Gasteiger partial charge in [0.25, 0.3) is 11.7 Å². The molecule has 1 N–H and O–H groups in total. The van der Waals surface area contributed by atoms with Crippen LogP contribution in [0.5, 0.6) is 5.75 Å². The molecular formula is C25H17F4NO4. The summed E-state index contributed by atoms with van der Waals surface area (Å²) in [6.45, 7) is 0. The number of nitrogens with zero attached hydrogens (tertiary/aromatic N) is 1. The summed E-state index contributed by atoms with van der Waals surface area (Å²) in [5.41, 5.74) is -1.26. The number of para-hydroxylation sites is 1. The highest BCUT2D eigenvalue weighted by Gasteiger charge is 2.47. The molecule has 5 nitrogen and oxygen atoms in total. The molecule has 0 spiro atoms. The highest BCUT2D eigenvalue weighted by molar-refractivity contribution is 6.51. The first-order valence-electron chi connectivity index (χ1n) is 10.0. The van der Waals surface area contributed by atoms with Crippen LogP contribution in [0.2, 0.25) is 0 Å². The number of alkyl halides is 3. The van der Waals surface area contributed by atoms with E-state index in [1.807, 2.05) is 0 Å². The molecule has 0 aliphatic carbocycles. The zero-order valence-electron chi connectivity index (χ0n) is 17.6. The number of methoxy groups -OCH3 is 1. The lowest BCUT2D eigenvalue weighted by Gasteiger charge is -2.26. The molecule has 0 aromatic heterocycles. The fraction of sp³-hybridized carbons (Fsp3) is 0.120. The Hall–Kier alpha value is -4.14. The van der Waals surface area contributed by atoms with E-state index in [0.29, 0.717) is 0 Å². The standard InChI is InChI=1S/C25H17F4NO4/c1-34-19-8-3-2-7-18(19)22(31)20-21(14-9-11-16(26)12-10-14)30(24(33)23(20)32)17-6-4-5-15(13-17)25(27,28)29/h2-13,21,31H,1H3/b22-20+. The van der Waals surface area contributed by atoms with Gasteiger partial charge in [-0.15, -0.1) is 0 Å². The lowest BCUT2D eigenvalue weighted by molar-refractivity contribution is -0.137. The number of halogens is 4. The van der Waals surface area contributed by atoms with Crippen LogP contribution in [0.3, 0.4) is 0 Å². The topological polar surface area (TPSA) is 66.8 Å². The predicted octanol–water partition coefficient (Wildman–Crippen LogP) is 5.48. The van der Waals surface area contributed by atoms with Gasteiger partial charge < -0.3 is 9.84 Å². The number of hydrogen-bond acceptors (Lipinski definition) is 4. The Morgan fingerprint density at radius 1 is 0.971 bits per heavy atom. The SMILES string of the molecule is COc1ccccc1/C(O)=C1\C(=O)C(=O)N(c2cccc(C(F)(F)F)c2)C1c1ccc(F)cc1. The number of hydrogen-bond donors (Lipinski definition) is 1. The van der Waals surface area contributed by atoms with Gasteiger partial charge in [-0.2, -0.15) is 13.2 Å². The zero-order chi connectivity index (χ0) is 24.6. The van der Waals surface area contributed by atoms with Crippen LogP contribution in [-0.4, -0.2) is 23.9 Å². The predicted molar refractivity (Wildman–Crippen MR) is 116 cm³/mol. The molecule has 3 aromatic carbocycles. The molecule has 4 rings (SSSR count). The van der Waals surface area contributed by atoms with Crippen molar-refractivity contribution in [2.75, 3.05) is 12.0 Å². The minimum atomic E-state index is -4.69. The van der Waals surface area contributed by atoms with Gasteiger partial charge in [0.2, 0.25) is 0 Å². The summed E-state index contributed by atoms with van der Waals surface area (Å²) < 4.78 is 58.8. The maximum absolute atomic E-state index is 13.6. The number of carbonyl (C=O) groups is 2. The second kappa shape index (κ2) is 8.66. The molecule has 9 heteroatoms. The maximum atomic E-state index is 13.6. The monoisotopic (exact) mass is 471 g/mol. The van der Waals surface area contributed by atoms with Crippen molar-refractivity contribution >= 4 is 23.1 Å². The van der Waals surface area contributed by atoms with Crippen molar-refractivity contribution in [3.8, 4) is 5.75 Å². The number of aliphatic hydroxyl groups is 1. The zero-order valence-corrected chi connectivity index (χ0v) is 17.6. The highest BCUT2D eigenvalue weighted by Crippen LogP contribution is 2.44. The molecule has 1 saturated heterocycles. The quantitative estimate of drug-likeness (QED) is 0.237. The van der Waals surface area contributed by atoms with Gasteiger partial charge in [-0.05, 0) is 48.0 Å². The number of Topliss-reactive ketones (excluding diaryl/α,β-unsaturated/α-hetero) is 1. The lowest BCUT2D eigenvalue weighted by atomic mass is 9.94. The summed E-state index contributed by atoms with van der Waals surface area (Å²) in [7, 11) is 1.35. The molecule has 1 aliphatic heterocycles. The second-order valence-electron chi connectivity index (χ2n) is 7.47. The number of amides is 1. The second-order valence-corrected chi connectivity index (χ2v) is 7.47. The Morgan fingerprint density at radius 3 is 2.29 bits per heavy atom. The summed E-state index contributed by atoms with van der Waals surface area (Å²) in [5, 5.41) is 11.1. The first kappa shape index (κ1) is 23.0. The molecule has 1 heterocycles. The van der Waals surface area contributed by atoms with Gasteiger partial charge in [0, 0.05) is 5.69 Å². The number of ether oxygens (including phenoxy) is 1. The van der Waals surface area contributed by atoms with Crippen molar-refractivity contribution in [3.63, 3.8) is 0 Å². The Kier molecular flexibility index (Phi) is 5.87. The number of carbonyl (C=O) groups excluding carboxylic acids is 2. The molecule has 3 aromatic rings. The van der Waals surface area contributed by atoms with Crippen molar-refractivity contribution in [2.45, 2.75) is 12.2 Å². The van der Waals surface area contributed by atoms with Crippen molar-refractivity contribution in [1.82, 2.24) is 0 Å². The molecule has 1 aliphatic rings. The van der Waals surface area contributed by atoms with Crippen LogP contribution in [0.4, 0.5) is 23.2 Å². The molecule has 0 bridgehead atoms. The highest BCUT2D eigenvalue weighted by atomic mass is 19.4. The van der Waals surface area contributed by atoms with Crippen LogP contribution >= 0.6 is 0 Å². The number of aliphatic hydroxyl groups excluding tert-OH is 1. The summed E-state index contributed by atoms with van der Waals surface area (Å²) in [6, 6.07) is 13.6. The molecule has 1 atom stereocenters. The van der Waals surface area contributed by atoms with Crippen LogP contribution in [-0.2, 0) is 15.8 Å². The van der Waals surface area contributed by atoms with E-state index in [2.05, 4.69) is 0 Å². The minimum Gasteiger partial charge on any atom is -0.507 e. The third kappa shape index (κ3) is 4.00. The molecule has 174 valence electrons. The van der Waals surface area contributed by atoms with Crippen molar-refractivity contribution in [2.24, 2.45) is 0 Å². The largest absolute Gasteiger partial charge is 0.507 e. The maximum Gasteiger partial charge on any atom is 0.416 e. The van der Waals surface area contributed by atoms with Gasteiger partial charge in [0.05, 0.1) is 29.9 Å². The third-order valence-corrected chi connectivity index (χ3v) is 5.44. The Morgan fingerprint density at radius 2 is 1.65 bits per heavy atom. The average Bonchev–Trinajstić information content (AvgIpc) is 3.09. The van der Waals surface area contributed by atoms with Gasteiger partial charge in [0.15, 0.2) is 0 Å². The Labute approximate surface area is 191 Å². The van der Waals surface area contributed by atoms with Gasteiger partial charge >= 0.3 is 6.18 Å². The van der Waals surface area contributed by atoms with E-state index in [-0.39, 0.29) is 28.1 Å². The van der Waals surface area contributed by atoms with E-state index in [0.717, 1.165) is 35.2 Å². The van der Waals surface area contributed by atoms with Crippen LogP contribution in [0.25, 0.3) is 5.76 Å². The van der Waals surface area contributed by atoms with Crippen LogP contribution in [0.1, 0.15) is 22.7 Å². The third-order valence-electron chi connectivity index (χ3n) is 5.44. The van der Waals surface area contributed by atoms with Crippen LogP contribution in [0.15, 0.2) is 78.4 Å². The number of rotatable bonds is 4. The van der Waals surface area contributed by atoms with Gasteiger partial charge in [-0.25, -0.2) is 4.39 Å². The fourth-order valence-electron chi connectivity index (χ4n) is 3.88. The number of benzene rings is 3. The molecule has 0 radical (unpaired) electrons. The number of ketones is 1. The van der Waals surface area contributed by atoms with E-state index in [1.54, 1.807) is 12.1 Å². The first-order chi connectivity index (χ1) is 16.1. The average molecular weight is 471 g/mol. The summed E-state index contributed by atoms with van der Waals surface area (Å²) in [5.74, 6) is -3.19. The Balaban J connectivity index is 1.97. The van der Waals surface area contributed by atoms with Gasteiger partial charge in [-0.3, -0.25) is 14.5 Å². The van der Waals surface area contributed by atoms with Crippen LogP contribution in [0, 0.1) is 5.82 Å². The molecular weight excluding hydrogens is 454 g/mol. The van der Waals surface area contributed by atoms with Gasteiger partial charge in [0.1, 0.15) is 17.3 Å². The van der Waals surface area contributed by atoms with E-state index in [9.17, 15) is 32.3 Å². The van der Waals surface area contributed by atoms with Crippen molar-refractivity contribution in [3.05, 3.63) is 101 Å². The Bertz CT molecular complexity index is 1300. The van der Waals surface area contributed by atoms with E-state index >= 15 is 0 Å². The fourth-order valence-corrected chi connectivity index (χ4v) is 3.88. The molecule has 1 unspecified atom stereocenters. The minimum absolute atomic E-state index is 0.110. The first-order valence-corrected chi connectivity index (χ1v) is 10.0. The van der Waals surface area contributed by atoms with Crippen molar-refractivity contribution < 1.29 is 37.0 Å². The van der Waals surface area contributed by atoms with E-state index < -0.39 is 41.0 Å². The molecule has 1 amide bonds. The smallest absolute Gasteiger partial charge is 0.416 e. The summed E-state index contributed by atoms with van der Waals surface area (Å²) in [4.78, 5) is 27.0. The summed E-state index contributed by atoms with van der Waals surface area (Å²) >= 11 is 0.